The van der Waals surface area contributed by atoms with Gasteiger partial charge in [0, 0.05) is 83.5 Å². The molecule has 3 saturated heterocycles. The van der Waals surface area contributed by atoms with Crippen LogP contribution in [0.4, 0.5) is 10.5 Å². The van der Waals surface area contributed by atoms with E-state index in [0.29, 0.717) is 81.9 Å². The van der Waals surface area contributed by atoms with Crippen LogP contribution < -0.4 is 10.1 Å². The molecule has 18 nitrogen and oxygen atoms in total. The lowest BCUT2D eigenvalue weighted by molar-refractivity contribution is -0.134. The number of ketones is 1. The number of ether oxygens (including phenoxy) is 3. The molecule has 0 radical (unpaired) electrons. The van der Waals surface area contributed by atoms with E-state index in [1.54, 1.807) is 12.0 Å². The van der Waals surface area contributed by atoms with Crippen molar-refractivity contribution in [2.24, 2.45) is 5.41 Å². The van der Waals surface area contributed by atoms with Crippen LogP contribution >= 0.6 is 20.2 Å². The summed E-state index contributed by atoms with van der Waals surface area (Å²) in [5, 5.41) is 2.89. The molecule has 1 aromatic carbocycles. The lowest BCUT2D eigenvalue weighted by Gasteiger charge is -2.48. The molecule has 4 rings (SSSR count). The van der Waals surface area contributed by atoms with Gasteiger partial charge in [-0.1, -0.05) is 63.9 Å². The topological polar surface area (TPSA) is 213 Å². The van der Waals surface area contributed by atoms with Crippen molar-refractivity contribution < 1.29 is 70.4 Å². The lowest BCUT2D eigenvalue weighted by atomic mass is 9.80. The predicted molar refractivity (Wildman–Crippen MR) is 290 cm³/mol. The molecule has 3 aliphatic heterocycles. The number of piperidine rings is 3. The molecule has 4 N–H and O–H groups in total. The van der Waals surface area contributed by atoms with E-state index < -0.39 is 31.7 Å². The SMILES string of the molecule is COc1ccc(C)cc1NC(=O)OC1CC2CCCC(C1)N2CCCCCCCCCCOCCC(=O)CCCCCCC(=O)N1CCC(COP(O)(=S)OC)(COP(O)(=S)OCCOP(O)(=S)OC)CC1. The van der Waals surface area contributed by atoms with Crippen molar-refractivity contribution in [3.05, 3.63) is 23.8 Å². The summed E-state index contributed by atoms with van der Waals surface area (Å²) in [6.45, 7) is -6.02. The van der Waals surface area contributed by atoms with Gasteiger partial charge in [0.1, 0.15) is 17.6 Å². The number of carbonyl (C=O) groups excluding carboxylic acids is 3. The van der Waals surface area contributed by atoms with Gasteiger partial charge in [0.25, 0.3) is 0 Å². The molecule has 2 bridgehead atoms. The molecule has 2 amide bonds. The third-order valence-electron chi connectivity index (χ3n) is 13.8. The molecule has 3 heterocycles. The van der Waals surface area contributed by atoms with Crippen LogP contribution in [0.5, 0.6) is 5.75 Å². The van der Waals surface area contributed by atoms with Gasteiger partial charge in [0.05, 0.1) is 45.8 Å². The monoisotopic (exact) mass is 1130 g/mol. The number of nitrogens with zero attached hydrogens (tertiary/aromatic N) is 2. The molecular formula is C48H84N3O15P3S3. The number of unbranched alkanes of at least 4 members (excludes halogenated alkanes) is 10. The molecule has 0 saturated carbocycles. The third kappa shape index (κ3) is 24.5. The second kappa shape index (κ2) is 33.3. The number of rotatable bonds is 37. The zero-order valence-electron chi connectivity index (χ0n) is 43.1. The Morgan fingerprint density at radius 2 is 1.25 bits per heavy atom. The number of anilines is 1. The summed E-state index contributed by atoms with van der Waals surface area (Å²) in [4.78, 5) is 73.5. The highest BCUT2D eigenvalue weighted by atomic mass is 32.5. The van der Waals surface area contributed by atoms with Crippen LogP contribution in [-0.4, -0.2) is 141 Å². The van der Waals surface area contributed by atoms with Crippen molar-refractivity contribution in [1.29, 1.82) is 0 Å². The molecular weight excluding hydrogens is 1050 g/mol. The Morgan fingerprint density at radius 3 is 1.88 bits per heavy atom. The fourth-order valence-electron chi connectivity index (χ4n) is 9.63. The Morgan fingerprint density at radius 1 is 0.694 bits per heavy atom. The van der Waals surface area contributed by atoms with Gasteiger partial charge in [0.15, 0.2) is 0 Å². The maximum atomic E-state index is 13.1. The van der Waals surface area contributed by atoms with Crippen LogP contribution in [0.25, 0.3) is 0 Å². The predicted octanol–water partition coefficient (Wildman–Crippen LogP) is 9.99. The molecule has 5 atom stereocenters. The average Bonchev–Trinajstić information content (AvgIpc) is 3.34. The first-order valence-corrected chi connectivity index (χ1v) is 33.6. The van der Waals surface area contributed by atoms with E-state index in [2.05, 4.69) is 10.2 Å². The highest BCUT2D eigenvalue weighted by Crippen LogP contribution is 2.50. The number of hydrogen-bond donors (Lipinski definition) is 4. The van der Waals surface area contributed by atoms with Crippen molar-refractivity contribution in [3.63, 3.8) is 0 Å². The van der Waals surface area contributed by atoms with E-state index in [1.807, 2.05) is 25.1 Å². The molecule has 72 heavy (non-hydrogen) atoms. The van der Waals surface area contributed by atoms with E-state index in [1.165, 1.54) is 72.0 Å². The molecule has 3 aliphatic rings. The van der Waals surface area contributed by atoms with Crippen molar-refractivity contribution >= 4 is 79.0 Å². The Bertz CT molecular complexity index is 1940. The quantitative estimate of drug-likeness (QED) is 0.0360. The number of methoxy groups -OCH3 is 1. The summed E-state index contributed by atoms with van der Waals surface area (Å²) in [5.74, 6) is 0.874. The first-order chi connectivity index (χ1) is 34.4. The third-order valence-corrected chi connectivity index (χ3v) is 18.8. The number of fused-ring (bicyclic) bond motifs is 2. The number of aryl methyl sites for hydroxylation is 1. The summed E-state index contributed by atoms with van der Waals surface area (Å²) in [6, 6.07) is 6.68. The number of likely N-dealkylation sites (tertiary alicyclic amines) is 1. The number of Topliss-reactive ketones (excluding diaryl/α,β-unsaturated/α-hetero) is 1. The minimum atomic E-state index is -3.73. The van der Waals surface area contributed by atoms with Crippen LogP contribution in [0.2, 0.25) is 0 Å². The average molecular weight is 1130 g/mol. The lowest BCUT2D eigenvalue weighted by Crippen LogP contribution is -2.54. The van der Waals surface area contributed by atoms with Gasteiger partial charge in [-0.3, -0.25) is 19.8 Å². The molecule has 1 aromatic rings. The Kier molecular flexibility index (Phi) is 29.3. The maximum Gasteiger partial charge on any atom is 0.412 e. The molecule has 24 heteroatoms. The summed E-state index contributed by atoms with van der Waals surface area (Å²) in [7, 11) is 4.08. The van der Waals surface area contributed by atoms with Gasteiger partial charge in [-0.2, -0.15) is 0 Å². The summed E-state index contributed by atoms with van der Waals surface area (Å²) < 4.78 is 48.3. The zero-order valence-corrected chi connectivity index (χ0v) is 48.2. The van der Waals surface area contributed by atoms with E-state index in [9.17, 15) is 29.1 Å². The van der Waals surface area contributed by atoms with Crippen molar-refractivity contribution in [1.82, 2.24) is 9.80 Å². The van der Waals surface area contributed by atoms with E-state index in [0.717, 1.165) is 63.5 Å². The van der Waals surface area contributed by atoms with Crippen molar-refractivity contribution in [2.75, 3.05) is 85.9 Å². The summed E-state index contributed by atoms with van der Waals surface area (Å²) in [5.41, 5.74) is 0.941. The minimum absolute atomic E-state index is 0.0363. The van der Waals surface area contributed by atoms with Gasteiger partial charge in [-0.05, 0) is 118 Å². The normalized spacial score (nSPS) is 21.5. The maximum absolute atomic E-state index is 13.1. The number of nitrogens with one attached hydrogen (secondary N) is 1. The molecule has 5 unspecified atom stereocenters. The van der Waals surface area contributed by atoms with Crippen molar-refractivity contribution in [2.45, 2.75) is 166 Å². The second-order valence-electron chi connectivity index (χ2n) is 19.3. The van der Waals surface area contributed by atoms with Gasteiger partial charge in [0.2, 0.25) is 5.91 Å². The molecule has 3 fully saturated rings. The highest BCUT2D eigenvalue weighted by molar-refractivity contribution is 8.07. The summed E-state index contributed by atoms with van der Waals surface area (Å²) >= 11 is 14.9. The Balaban J connectivity index is 0.957. The smallest absolute Gasteiger partial charge is 0.412 e. The number of benzene rings is 1. The fraction of sp³-hybridized carbons (Fsp3) is 0.812. The van der Waals surface area contributed by atoms with Gasteiger partial charge < -0.3 is 60.9 Å². The second-order valence-corrected chi connectivity index (χ2v) is 28.0. The first-order valence-electron chi connectivity index (χ1n) is 25.8. The zero-order chi connectivity index (χ0) is 52.5. The van der Waals surface area contributed by atoms with Crippen LogP contribution in [0, 0.1) is 12.3 Å². The largest absolute Gasteiger partial charge is 0.495 e. The van der Waals surface area contributed by atoms with Crippen molar-refractivity contribution in [3.8, 4) is 5.75 Å². The van der Waals surface area contributed by atoms with Gasteiger partial charge in [-0.25, -0.2) is 4.79 Å². The molecule has 0 spiro atoms. The van der Waals surface area contributed by atoms with Crippen LogP contribution in [0.1, 0.15) is 147 Å². The van der Waals surface area contributed by atoms with E-state index >= 15 is 0 Å². The number of hydrogen-bond acceptors (Lipinski definition) is 16. The van der Waals surface area contributed by atoms with E-state index in [-0.39, 0.29) is 44.2 Å². The molecule has 414 valence electrons. The number of carbonyl (C=O) groups is 3. The van der Waals surface area contributed by atoms with Crippen LogP contribution in [-0.2, 0) is 81.6 Å². The Labute approximate surface area is 444 Å². The first kappa shape index (κ1) is 63.5. The number of amides is 2. The molecule has 0 aliphatic carbocycles. The fourth-order valence-corrected chi connectivity index (χ4v) is 12.2. The summed E-state index contributed by atoms with van der Waals surface area (Å²) in [6.07, 6.45) is 20.0. The van der Waals surface area contributed by atoms with Gasteiger partial charge >= 0.3 is 26.2 Å². The van der Waals surface area contributed by atoms with E-state index in [4.69, 9.17) is 76.8 Å². The van der Waals surface area contributed by atoms with Gasteiger partial charge in [-0.15, -0.1) is 0 Å². The minimum Gasteiger partial charge on any atom is -0.495 e. The standard InChI is InChI=1S/C48H84N3O15P3S3/c1-39-22-23-45(58-2)44(34-39)49-47(54)66-43-35-40-18-17-19-41(36-43)51(40)27-15-11-7-5-6-8-12-16-30-61-31-24-42(52)20-13-9-10-14-21-46(53)50-28-25-48(26-29-50,37-64-68(56,71)60-4)38-65-69(57,72)63-33-32-62-67(55,70)59-3/h22-23,34,40-41,43H,5-21,24-33,35-38H2,1-4H3,(H,49,54)(H,55,70)(H,56,71)(H,57,72). The Hall–Kier alpha value is -1.06. The van der Waals surface area contributed by atoms with Crippen LogP contribution in [0.15, 0.2) is 18.2 Å². The highest BCUT2D eigenvalue weighted by Gasteiger charge is 2.41. The molecule has 0 aromatic heterocycles. The van der Waals surface area contributed by atoms with Crippen LogP contribution in [0.3, 0.4) is 0 Å².